The molecule has 0 saturated heterocycles. The monoisotopic (exact) mass is 532 g/mol. The number of nitrogens with zero attached hydrogens (tertiary/aromatic N) is 5. The molecular weight excluding hydrogens is 512 g/mol. The Morgan fingerprint density at radius 2 is 1.25 bits per heavy atom. The van der Waals surface area contributed by atoms with Crippen molar-refractivity contribution in [1.82, 2.24) is 29.9 Å². The minimum Gasteiger partial charge on any atom is -0.311 e. The lowest BCUT2D eigenvalue weighted by Gasteiger charge is -1.97. The average Bonchev–Trinajstić information content (AvgIpc) is 3.53. The van der Waals surface area contributed by atoms with Gasteiger partial charge in [0.2, 0.25) is 0 Å². The number of aromatic amines is 1. The second-order valence-corrected chi connectivity index (χ2v) is 10.4. The Morgan fingerprint density at radius 1 is 0.694 bits per heavy atom. The highest BCUT2D eigenvalue weighted by molar-refractivity contribution is 7.18. The van der Waals surface area contributed by atoms with Gasteiger partial charge in [-0.1, -0.05) is 94.9 Å². The van der Waals surface area contributed by atoms with Crippen molar-refractivity contribution < 1.29 is 0 Å². The zero-order valence-electron chi connectivity index (χ0n) is 19.1. The summed E-state index contributed by atoms with van der Waals surface area (Å²) >= 11 is 9.05. The molecule has 0 amide bonds. The molecule has 2 aromatic carbocycles. The van der Waals surface area contributed by atoms with E-state index >= 15 is 0 Å². The van der Waals surface area contributed by atoms with Gasteiger partial charge in [-0.25, -0.2) is 24.9 Å². The molecule has 4 heterocycles. The summed E-state index contributed by atoms with van der Waals surface area (Å²) in [5.41, 5.74) is 3.59. The molecule has 0 spiro atoms. The van der Waals surface area contributed by atoms with Crippen LogP contribution in [0.4, 0.5) is 0 Å². The highest BCUT2D eigenvalue weighted by atomic mass is 35.5. The molecule has 0 aliphatic rings. The number of fused-ring (bicyclic) bond motifs is 2. The molecule has 7 nitrogen and oxygen atoms in total. The van der Waals surface area contributed by atoms with Gasteiger partial charge in [-0.15, -0.1) is 0 Å². The Balaban J connectivity index is 0.000000148. The van der Waals surface area contributed by atoms with Crippen LogP contribution in [0.2, 0.25) is 5.15 Å². The molecule has 0 bridgehead atoms. The molecule has 1 N–H and O–H groups in total. The number of hydrogen-bond acceptors (Lipinski definition) is 8. The molecule has 0 atom stereocenters. The molecule has 0 unspecified atom stereocenters. The first kappa shape index (κ1) is 24.2. The molecule has 6 rings (SSSR count). The van der Waals surface area contributed by atoms with Crippen molar-refractivity contribution in [1.29, 1.82) is 0 Å². The van der Waals surface area contributed by atoms with Gasteiger partial charge in [-0.3, -0.25) is 4.79 Å². The predicted octanol–water partition coefficient (Wildman–Crippen LogP) is 5.69. The van der Waals surface area contributed by atoms with E-state index in [4.69, 9.17) is 11.6 Å². The summed E-state index contributed by atoms with van der Waals surface area (Å²) in [6, 6.07) is 20.6. The van der Waals surface area contributed by atoms with Crippen LogP contribution in [0.5, 0.6) is 0 Å². The fourth-order valence-electron chi connectivity index (χ4n) is 3.58. The average molecular weight is 533 g/mol. The maximum atomic E-state index is 11.5. The van der Waals surface area contributed by atoms with Crippen LogP contribution < -0.4 is 5.56 Å². The Hall–Kier alpha value is -3.53. The van der Waals surface area contributed by atoms with Crippen LogP contribution in [-0.2, 0) is 25.7 Å². The fourth-order valence-corrected chi connectivity index (χ4v) is 5.62. The van der Waals surface area contributed by atoms with E-state index in [2.05, 4.69) is 66.3 Å². The second-order valence-electron chi connectivity index (χ2n) is 7.89. The van der Waals surface area contributed by atoms with Crippen LogP contribution >= 0.6 is 34.3 Å². The van der Waals surface area contributed by atoms with E-state index in [1.165, 1.54) is 35.1 Å². The molecule has 0 aliphatic heterocycles. The minimum absolute atomic E-state index is 0.165. The van der Waals surface area contributed by atoms with E-state index in [1.54, 1.807) is 11.3 Å². The van der Waals surface area contributed by atoms with Gasteiger partial charge < -0.3 is 4.98 Å². The Labute approximate surface area is 219 Å². The Kier molecular flexibility index (Phi) is 7.70. The van der Waals surface area contributed by atoms with Crippen molar-refractivity contribution in [2.45, 2.75) is 25.7 Å². The van der Waals surface area contributed by atoms with Crippen LogP contribution in [0, 0.1) is 0 Å². The van der Waals surface area contributed by atoms with Gasteiger partial charge in [0.1, 0.15) is 16.7 Å². The van der Waals surface area contributed by atoms with E-state index in [1.807, 2.05) is 24.3 Å². The highest BCUT2D eigenvalue weighted by Crippen LogP contribution is 2.25. The van der Waals surface area contributed by atoms with E-state index in [0.717, 1.165) is 40.5 Å². The Bertz CT molecular complexity index is 1630. The van der Waals surface area contributed by atoms with Crippen LogP contribution in [0.1, 0.15) is 21.1 Å². The number of nitrogens with one attached hydrogen (secondary N) is 1. The van der Waals surface area contributed by atoms with Crippen LogP contribution in [0.3, 0.4) is 0 Å². The van der Waals surface area contributed by atoms with Crippen molar-refractivity contribution in [2.75, 3.05) is 0 Å². The summed E-state index contributed by atoms with van der Waals surface area (Å²) in [7, 11) is 0. The van der Waals surface area contributed by atoms with Crippen molar-refractivity contribution in [2.24, 2.45) is 0 Å². The molecule has 0 fully saturated rings. The predicted molar refractivity (Wildman–Crippen MR) is 146 cm³/mol. The van der Waals surface area contributed by atoms with Crippen molar-refractivity contribution in [3.63, 3.8) is 0 Å². The van der Waals surface area contributed by atoms with Crippen LogP contribution in [0.15, 0.2) is 78.1 Å². The molecule has 180 valence electrons. The van der Waals surface area contributed by atoms with Crippen LogP contribution in [0.25, 0.3) is 20.7 Å². The van der Waals surface area contributed by atoms with E-state index < -0.39 is 0 Å². The topological polar surface area (TPSA) is 97.3 Å². The SMILES string of the molecule is Clc1ncnc2sc(CCc3ccccc3)nc12.O=c1[nH]cnc2sc(CCc3ccccc3)nc12. The summed E-state index contributed by atoms with van der Waals surface area (Å²) in [4.78, 5) is 36.7. The van der Waals surface area contributed by atoms with Crippen LogP contribution in [-0.4, -0.2) is 29.9 Å². The normalized spacial score (nSPS) is 10.9. The van der Waals surface area contributed by atoms with Gasteiger partial charge >= 0.3 is 0 Å². The Morgan fingerprint density at radius 3 is 1.81 bits per heavy atom. The highest BCUT2D eigenvalue weighted by Gasteiger charge is 2.09. The third-order valence-electron chi connectivity index (χ3n) is 5.38. The van der Waals surface area contributed by atoms with E-state index in [9.17, 15) is 4.79 Å². The van der Waals surface area contributed by atoms with Gasteiger partial charge in [0.25, 0.3) is 5.56 Å². The molecule has 0 saturated carbocycles. The first-order valence-electron chi connectivity index (χ1n) is 11.3. The molecule has 4 aromatic heterocycles. The smallest absolute Gasteiger partial charge is 0.278 e. The van der Waals surface area contributed by atoms with E-state index in [0.29, 0.717) is 21.0 Å². The first-order valence-corrected chi connectivity index (χ1v) is 13.3. The lowest BCUT2D eigenvalue weighted by molar-refractivity contribution is 0.947. The molecule has 6 aromatic rings. The number of halogens is 1. The maximum absolute atomic E-state index is 11.5. The summed E-state index contributed by atoms with van der Waals surface area (Å²) in [6.45, 7) is 0. The van der Waals surface area contributed by atoms with Crippen molar-refractivity contribution in [3.8, 4) is 0 Å². The molecule has 36 heavy (non-hydrogen) atoms. The zero-order valence-corrected chi connectivity index (χ0v) is 21.5. The zero-order chi connectivity index (χ0) is 24.7. The summed E-state index contributed by atoms with van der Waals surface area (Å²) < 4.78 is 0. The molecule has 0 radical (unpaired) electrons. The minimum atomic E-state index is -0.165. The number of H-pyrrole nitrogens is 1. The summed E-state index contributed by atoms with van der Waals surface area (Å²) in [5.74, 6) is 0. The maximum Gasteiger partial charge on any atom is 0.278 e. The van der Waals surface area contributed by atoms with Gasteiger partial charge in [-0.2, -0.15) is 0 Å². The van der Waals surface area contributed by atoms with E-state index in [-0.39, 0.29) is 5.56 Å². The van der Waals surface area contributed by atoms with Crippen molar-refractivity contribution in [3.05, 3.63) is 110 Å². The third-order valence-corrected chi connectivity index (χ3v) is 7.70. The standard InChI is InChI=1S/C13H10ClN3S.C13H11N3OS/c14-12-11-13(16-8-15-12)18-10(17-11)7-6-9-4-2-1-3-5-9;17-12-11-13(15-8-14-12)18-10(16-11)7-6-9-4-2-1-3-5-9/h1-5,8H,6-7H2;1-5,8H,6-7H2,(H,14,15,17). The van der Waals surface area contributed by atoms with Gasteiger partial charge in [0, 0.05) is 12.8 Å². The third kappa shape index (κ3) is 5.99. The number of benzene rings is 2. The number of aromatic nitrogens is 6. The van der Waals surface area contributed by atoms with Crippen molar-refractivity contribution >= 4 is 55.0 Å². The molecule has 0 aliphatic carbocycles. The van der Waals surface area contributed by atoms with Gasteiger partial charge in [0.05, 0.1) is 16.3 Å². The van der Waals surface area contributed by atoms with Gasteiger partial charge in [-0.05, 0) is 24.0 Å². The molecule has 10 heteroatoms. The number of hydrogen-bond donors (Lipinski definition) is 1. The first-order chi connectivity index (χ1) is 17.7. The lowest BCUT2D eigenvalue weighted by atomic mass is 10.1. The number of thiazole rings is 2. The molecular formula is C26H21ClN6OS2. The largest absolute Gasteiger partial charge is 0.311 e. The van der Waals surface area contributed by atoms with Gasteiger partial charge in [0.15, 0.2) is 15.5 Å². The quantitative estimate of drug-likeness (QED) is 0.277. The summed E-state index contributed by atoms with van der Waals surface area (Å²) in [6.07, 6.45) is 6.55. The fraction of sp³-hybridized carbons (Fsp3) is 0.154. The lowest BCUT2D eigenvalue weighted by Crippen LogP contribution is -2.05. The number of rotatable bonds is 6. The number of aryl methyl sites for hydroxylation is 4. The summed E-state index contributed by atoms with van der Waals surface area (Å²) in [5, 5.41) is 2.44. The second kappa shape index (κ2) is 11.5.